The summed E-state index contributed by atoms with van der Waals surface area (Å²) in [4.78, 5) is 31.9. The van der Waals surface area contributed by atoms with Gasteiger partial charge in [0.05, 0.1) is 13.0 Å². The van der Waals surface area contributed by atoms with Gasteiger partial charge in [0, 0.05) is 37.5 Å². The van der Waals surface area contributed by atoms with E-state index in [1.807, 2.05) is 59.5 Å². The molecule has 0 bridgehead atoms. The number of carbonyl (C=O) groups excluding carboxylic acids is 2. The fourth-order valence-electron chi connectivity index (χ4n) is 4.62. The van der Waals surface area contributed by atoms with E-state index in [1.165, 1.54) is 0 Å². The minimum absolute atomic E-state index is 0.0189. The summed E-state index contributed by atoms with van der Waals surface area (Å²) in [6.07, 6.45) is 3.89. The van der Waals surface area contributed by atoms with Gasteiger partial charge in [-0.1, -0.05) is 42.4 Å². The zero-order chi connectivity index (χ0) is 25.3. The van der Waals surface area contributed by atoms with Gasteiger partial charge in [0.25, 0.3) is 0 Å². The average Bonchev–Trinajstić information content (AvgIpc) is 3.39. The van der Waals surface area contributed by atoms with Crippen LogP contribution >= 0.6 is 0 Å². The molecule has 36 heavy (non-hydrogen) atoms. The fraction of sp³-hybridized carbons (Fsp3) is 0.429. The highest BCUT2D eigenvalue weighted by molar-refractivity contribution is 5.84. The van der Waals surface area contributed by atoms with Crippen LogP contribution in [0.15, 0.2) is 59.1 Å². The van der Waals surface area contributed by atoms with Gasteiger partial charge in [-0.2, -0.15) is 4.98 Å². The fourth-order valence-corrected chi connectivity index (χ4v) is 4.62. The van der Waals surface area contributed by atoms with Gasteiger partial charge in [0.15, 0.2) is 0 Å². The number of hydrogen-bond donors (Lipinski definition) is 1. The van der Waals surface area contributed by atoms with Gasteiger partial charge in [0.1, 0.15) is 5.75 Å². The van der Waals surface area contributed by atoms with Gasteiger partial charge in [-0.05, 0) is 55.5 Å². The van der Waals surface area contributed by atoms with E-state index in [2.05, 4.69) is 22.4 Å². The zero-order valence-electron chi connectivity index (χ0n) is 21.0. The van der Waals surface area contributed by atoms with Crippen LogP contribution in [-0.4, -0.2) is 53.1 Å². The number of methoxy groups -OCH3 is 1. The Balaban J connectivity index is 1.18. The molecule has 3 aromatic rings. The predicted octanol–water partition coefficient (Wildman–Crippen LogP) is 4.37. The van der Waals surface area contributed by atoms with Crippen LogP contribution in [0.5, 0.6) is 5.75 Å². The summed E-state index contributed by atoms with van der Waals surface area (Å²) < 4.78 is 10.5. The van der Waals surface area contributed by atoms with E-state index >= 15 is 0 Å². The number of hydrogen-bond acceptors (Lipinski definition) is 6. The lowest BCUT2D eigenvalue weighted by Gasteiger charge is -2.34. The normalized spacial score (nSPS) is 14.9. The molecule has 1 aliphatic rings. The van der Waals surface area contributed by atoms with Crippen molar-refractivity contribution in [2.75, 3.05) is 20.2 Å². The van der Waals surface area contributed by atoms with Gasteiger partial charge < -0.3 is 19.5 Å². The predicted molar refractivity (Wildman–Crippen MR) is 136 cm³/mol. The van der Waals surface area contributed by atoms with Gasteiger partial charge >= 0.3 is 0 Å². The molecule has 2 aromatic carbocycles. The smallest absolute Gasteiger partial charge is 0.230 e. The molecule has 1 atom stereocenters. The maximum atomic E-state index is 13.1. The number of aryl methyl sites for hydroxylation is 1. The lowest BCUT2D eigenvalue weighted by molar-refractivity contribution is -0.134. The molecule has 2 amide bonds. The molecule has 1 aliphatic heterocycles. The molecule has 4 rings (SSSR count). The van der Waals surface area contributed by atoms with Gasteiger partial charge in [-0.25, -0.2) is 0 Å². The van der Waals surface area contributed by atoms with Crippen molar-refractivity contribution in [1.29, 1.82) is 0 Å². The average molecular weight is 491 g/mol. The minimum atomic E-state index is -0.104. The van der Waals surface area contributed by atoms with Gasteiger partial charge in [-0.3, -0.25) is 9.59 Å². The number of piperidine rings is 1. The number of ether oxygens (including phenoxy) is 1. The summed E-state index contributed by atoms with van der Waals surface area (Å²) in [5.74, 6) is 1.91. The monoisotopic (exact) mass is 490 g/mol. The molecule has 0 radical (unpaired) electrons. The van der Waals surface area contributed by atoms with Crippen molar-refractivity contribution in [2.45, 2.75) is 57.4 Å². The highest BCUT2D eigenvalue weighted by atomic mass is 16.5. The zero-order valence-corrected chi connectivity index (χ0v) is 21.0. The Hall–Kier alpha value is -3.68. The molecule has 1 saturated heterocycles. The van der Waals surface area contributed by atoms with Crippen LogP contribution in [0.4, 0.5) is 0 Å². The van der Waals surface area contributed by atoms with Gasteiger partial charge in [0.2, 0.25) is 23.5 Å². The number of aromatic nitrogens is 2. The Morgan fingerprint density at radius 3 is 2.50 bits per heavy atom. The number of nitrogens with one attached hydrogen (secondary N) is 1. The maximum absolute atomic E-state index is 13.1. The summed E-state index contributed by atoms with van der Waals surface area (Å²) in [5, 5.41) is 7.16. The summed E-state index contributed by atoms with van der Waals surface area (Å²) in [7, 11) is 1.62. The summed E-state index contributed by atoms with van der Waals surface area (Å²) in [6.45, 7) is 3.39. The van der Waals surface area contributed by atoms with E-state index in [1.54, 1.807) is 7.11 Å². The first-order valence-electron chi connectivity index (χ1n) is 12.7. The second-order valence-corrected chi connectivity index (χ2v) is 9.13. The third-order valence-corrected chi connectivity index (χ3v) is 6.69. The Morgan fingerprint density at radius 1 is 1.11 bits per heavy atom. The first-order valence-corrected chi connectivity index (χ1v) is 12.7. The number of benzene rings is 2. The third kappa shape index (κ3) is 6.50. The third-order valence-electron chi connectivity index (χ3n) is 6.69. The lowest BCUT2D eigenvalue weighted by Crippen LogP contribution is -2.47. The molecular weight excluding hydrogens is 456 g/mol. The SMILES string of the molecule is CCC(C(=O)N1CCC(NC(=O)CCCc2nc(-c3ccc(OC)cc3)no2)CC1)c1ccccc1. The topological polar surface area (TPSA) is 97.6 Å². The maximum Gasteiger partial charge on any atom is 0.230 e. The van der Waals surface area contributed by atoms with E-state index in [0.717, 1.165) is 36.1 Å². The molecule has 0 aliphatic carbocycles. The molecular formula is C28H34N4O4. The van der Waals surface area contributed by atoms with Crippen molar-refractivity contribution in [1.82, 2.24) is 20.4 Å². The lowest BCUT2D eigenvalue weighted by atomic mass is 9.93. The van der Waals surface area contributed by atoms with Crippen LogP contribution < -0.4 is 10.1 Å². The Labute approximate surface area is 212 Å². The van der Waals surface area contributed by atoms with Crippen LogP contribution in [0.3, 0.4) is 0 Å². The Morgan fingerprint density at radius 2 is 1.83 bits per heavy atom. The number of rotatable bonds is 10. The van der Waals surface area contributed by atoms with E-state index in [0.29, 0.717) is 44.1 Å². The molecule has 190 valence electrons. The second-order valence-electron chi connectivity index (χ2n) is 9.13. The molecule has 1 aromatic heterocycles. The van der Waals surface area contributed by atoms with Crippen molar-refractivity contribution in [3.63, 3.8) is 0 Å². The largest absolute Gasteiger partial charge is 0.497 e. The van der Waals surface area contributed by atoms with Crippen molar-refractivity contribution in [2.24, 2.45) is 0 Å². The van der Waals surface area contributed by atoms with Gasteiger partial charge in [-0.15, -0.1) is 0 Å². The van der Waals surface area contributed by atoms with Crippen molar-refractivity contribution in [3.05, 3.63) is 66.1 Å². The van der Waals surface area contributed by atoms with Crippen LogP contribution in [0.1, 0.15) is 56.4 Å². The van der Waals surface area contributed by atoms with Crippen LogP contribution in [0.25, 0.3) is 11.4 Å². The Bertz CT molecular complexity index is 1120. The summed E-state index contributed by atoms with van der Waals surface area (Å²) in [6, 6.07) is 17.5. The van der Waals surface area contributed by atoms with Crippen molar-refractivity contribution < 1.29 is 18.8 Å². The highest BCUT2D eigenvalue weighted by Gasteiger charge is 2.28. The number of nitrogens with zero attached hydrogens (tertiary/aromatic N) is 3. The number of amides is 2. The van der Waals surface area contributed by atoms with E-state index in [9.17, 15) is 9.59 Å². The molecule has 1 fully saturated rings. The molecule has 0 saturated carbocycles. The van der Waals surface area contributed by atoms with E-state index < -0.39 is 0 Å². The van der Waals surface area contributed by atoms with E-state index in [4.69, 9.17) is 9.26 Å². The van der Waals surface area contributed by atoms with E-state index in [-0.39, 0.29) is 23.8 Å². The van der Waals surface area contributed by atoms with Crippen LogP contribution in [0, 0.1) is 0 Å². The summed E-state index contributed by atoms with van der Waals surface area (Å²) >= 11 is 0. The van der Waals surface area contributed by atoms with Crippen molar-refractivity contribution in [3.8, 4) is 17.1 Å². The molecule has 1 N–H and O–H groups in total. The second kappa shape index (κ2) is 12.3. The van der Waals surface area contributed by atoms with Crippen LogP contribution in [0.2, 0.25) is 0 Å². The molecule has 8 nitrogen and oxygen atoms in total. The minimum Gasteiger partial charge on any atom is -0.497 e. The van der Waals surface area contributed by atoms with Crippen LogP contribution in [-0.2, 0) is 16.0 Å². The number of carbonyl (C=O) groups is 2. The molecule has 0 spiro atoms. The Kier molecular flexibility index (Phi) is 8.71. The van der Waals surface area contributed by atoms with Crippen molar-refractivity contribution >= 4 is 11.8 Å². The molecule has 8 heteroatoms. The first-order chi connectivity index (χ1) is 17.6. The standard InChI is InChI=1S/C28H34N4O4/c1-3-24(20-8-5-4-6-9-20)28(34)32-18-16-22(17-19-32)29-25(33)10-7-11-26-30-27(31-36-26)21-12-14-23(35-2)15-13-21/h4-6,8-9,12-15,22,24H,3,7,10-11,16-19H2,1-2H3,(H,29,33). The quantitative estimate of drug-likeness (QED) is 0.453. The number of likely N-dealkylation sites (tertiary alicyclic amines) is 1. The molecule has 2 heterocycles. The summed E-state index contributed by atoms with van der Waals surface area (Å²) in [5.41, 5.74) is 1.92. The highest BCUT2D eigenvalue weighted by Crippen LogP contribution is 2.24. The molecule has 1 unspecified atom stereocenters. The first kappa shape index (κ1) is 25.4.